The van der Waals surface area contributed by atoms with Gasteiger partial charge in [0.2, 0.25) is 0 Å². The summed E-state index contributed by atoms with van der Waals surface area (Å²) in [5.41, 5.74) is 6.47. The van der Waals surface area contributed by atoms with Crippen LogP contribution in [0.1, 0.15) is 0 Å². The molecular formula is C13H12N4O3. The topological polar surface area (TPSA) is 110 Å². The molecule has 7 nitrogen and oxygen atoms in total. The number of nitro benzene ring substituents is 1. The summed E-state index contributed by atoms with van der Waals surface area (Å²) in [6.45, 7) is 0. The summed E-state index contributed by atoms with van der Waals surface area (Å²) in [6, 6.07) is 12.0. The van der Waals surface area contributed by atoms with Crippen LogP contribution in [0.15, 0.2) is 48.5 Å². The second-order valence-corrected chi connectivity index (χ2v) is 3.94. The summed E-state index contributed by atoms with van der Waals surface area (Å²) < 4.78 is 0. The molecule has 0 saturated carbocycles. The summed E-state index contributed by atoms with van der Waals surface area (Å²) in [5.74, 6) is 0. The Morgan fingerprint density at radius 3 is 2.20 bits per heavy atom. The Labute approximate surface area is 114 Å². The third-order valence-electron chi connectivity index (χ3n) is 2.56. The zero-order valence-electron chi connectivity index (χ0n) is 10.4. The average molecular weight is 272 g/mol. The number of anilines is 3. The van der Waals surface area contributed by atoms with Crippen LogP contribution in [0.3, 0.4) is 0 Å². The van der Waals surface area contributed by atoms with Crippen LogP contribution in [0, 0.1) is 10.1 Å². The summed E-state index contributed by atoms with van der Waals surface area (Å²) >= 11 is 0. The Bertz CT molecular complexity index is 658. The molecule has 20 heavy (non-hydrogen) atoms. The highest BCUT2D eigenvalue weighted by Gasteiger charge is 2.14. The van der Waals surface area contributed by atoms with Crippen molar-refractivity contribution >= 4 is 28.8 Å². The van der Waals surface area contributed by atoms with E-state index in [0.29, 0.717) is 11.4 Å². The van der Waals surface area contributed by atoms with Crippen molar-refractivity contribution in [1.82, 2.24) is 0 Å². The Hall–Kier alpha value is -3.09. The zero-order valence-corrected chi connectivity index (χ0v) is 10.4. The molecule has 0 saturated heterocycles. The number of nitro groups is 1. The molecule has 0 unspecified atom stereocenters. The first-order valence-electron chi connectivity index (χ1n) is 5.74. The number of nitrogen functional groups attached to an aromatic ring is 1. The molecule has 0 radical (unpaired) electrons. The highest BCUT2D eigenvalue weighted by atomic mass is 16.6. The quantitative estimate of drug-likeness (QED) is 0.453. The second kappa shape index (κ2) is 5.70. The van der Waals surface area contributed by atoms with Crippen LogP contribution in [-0.2, 0) is 0 Å². The maximum absolute atomic E-state index is 11.8. The summed E-state index contributed by atoms with van der Waals surface area (Å²) in [6.07, 6.45) is 0. The van der Waals surface area contributed by atoms with Crippen LogP contribution in [0.2, 0.25) is 0 Å². The molecule has 0 fully saturated rings. The lowest BCUT2D eigenvalue weighted by Crippen LogP contribution is -2.20. The number of urea groups is 1. The van der Waals surface area contributed by atoms with Crippen LogP contribution in [0.5, 0.6) is 0 Å². The van der Waals surface area contributed by atoms with Crippen molar-refractivity contribution in [3.8, 4) is 0 Å². The number of amides is 2. The van der Waals surface area contributed by atoms with Gasteiger partial charge in [0.15, 0.2) is 0 Å². The number of rotatable bonds is 3. The van der Waals surface area contributed by atoms with Gasteiger partial charge in [-0.2, -0.15) is 0 Å². The minimum Gasteiger partial charge on any atom is -0.397 e. The van der Waals surface area contributed by atoms with Gasteiger partial charge in [0.1, 0.15) is 5.69 Å². The highest BCUT2D eigenvalue weighted by Crippen LogP contribution is 2.24. The van der Waals surface area contributed by atoms with Crippen molar-refractivity contribution in [2.75, 3.05) is 16.4 Å². The van der Waals surface area contributed by atoms with Crippen molar-refractivity contribution in [1.29, 1.82) is 0 Å². The van der Waals surface area contributed by atoms with Crippen LogP contribution in [-0.4, -0.2) is 11.0 Å². The van der Waals surface area contributed by atoms with Crippen LogP contribution in [0.25, 0.3) is 0 Å². The Morgan fingerprint density at radius 2 is 1.55 bits per heavy atom. The van der Waals surface area contributed by atoms with Crippen LogP contribution >= 0.6 is 0 Å². The predicted molar refractivity (Wildman–Crippen MR) is 76.6 cm³/mol. The van der Waals surface area contributed by atoms with Gasteiger partial charge >= 0.3 is 6.03 Å². The molecule has 102 valence electrons. The first-order chi connectivity index (χ1) is 9.58. The standard InChI is InChI=1S/C13H12N4O3/c14-9-5-1-2-6-10(9)15-13(18)16-11-7-3-4-8-12(11)17(19)20/h1-8H,14H2,(H2,15,16,18). The minimum atomic E-state index is -0.600. The van der Waals surface area contributed by atoms with Crippen molar-refractivity contribution in [2.45, 2.75) is 0 Å². The number of nitrogens with one attached hydrogen (secondary N) is 2. The molecule has 0 atom stereocenters. The molecule has 2 aromatic carbocycles. The maximum atomic E-state index is 11.8. The van der Waals surface area contributed by atoms with Gasteiger partial charge in [-0.15, -0.1) is 0 Å². The SMILES string of the molecule is Nc1ccccc1NC(=O)Nc1ccccc1[N+](=O)[O-]. The number of benzene rings is 2. The lowest BCUT2D eigenvalue weighted by atomic mass is 10.2. The molecule has 2 rings (SSSR count). The Morgan fingerprint density at radius 1 is 1.00 bits per heavy atom. The normalized spacial score (nSPS) is 9.80. The van der Waals surface area contributed by atoms with Gasteiger partial charge in [-0.05, 0) is 18.2 Å². The van der Waals surface area contributed by atoms with E-state index < -0.39 is 11.0 Å². The molecular weight excluding hydrogens is 260 g/mol. The first-order valence-corrected chi connectivity index (χ1v) is 5.74. The molecule has 0 aliphatic heterocycles. The van der Waals surface area contributed by atoms with E-state index in [4.69, 9.17) is 5.73 Å². The summed E-state index contributed by atoms with van der Waals surface area (Å²) in [7, 11) is 0. The van der Waals surface area contributed by atoms with Crippen molar-refractivity contribution in [3.63, 3.8) is 0 Å². The first kappa shape index (κ1) is 13.3. The van der Waals surface area contributed by atoms with Gasteiger partial charge in [-0.25, -0.2) is 4.79 Å². The summed E-state index contributed by atoms with van der Waals surface area (Å²) in [4.78, 5) is 22.1. The number of nitrogens with zero attached hydrogens (tertiary/aromatic N) is 1. The van der Waals surface area contributed by atoms with E-state index in [1.165, 1.54) is 18.2 Å². The van der Waals surface area contributed by atoms with E-state index in [9.17, 15) is 14.9 Å². The van der Waals surface area contributed by atoms with E-state index in [0.717, 1.165) is 0 Å². The van der Waals surface area contributed by atoms with Crippen LogP contribution in [0.4, 0.5) is 27.5 Å². The molecule has 7 heteroatoms. The number of para-hydroxylation sites is 4. The van der Waals surface area contributed by atoms with E-state index in [1.54, 1.807) is 30.3 Å². The maximum Gasteiger partial charge on any atom is 0.323 e. The third-order valence-corrected chi connectivity index (χ3v) is 2.56. The number of nitrogens with two attached hydrogens (primary N) is 1. The van der Waals surface area contributed by atoms with E-state index in [2.05, 4.69) is 10.6 Å². The zero-order chi connectivity index (χ0) is 14.5. The highest BCUT2D eigenvalue weighted by molar-refractivity contribution is 6.02. The lowest BCUT2D eigenvalue weighted by Gasteiger charge is -2.09. The minimum absolute atomic E-state index is 0.115. The van der Waals surface area contributed by atoms with E-state index in [-0.39, 0.29) is 11.4 Å². The molecule has 0 bridgehead atoms. The molecule has 0 aromatic heterocycles. The van der Waals surface area contributed by atoms with E-state index in [1.807, 2.05) is 0 Å². The van der Waals surface area contributed by atoms with Gasteiger partial charge in [-0.3, -0.25) is 10.1 Å². The van der Waals surface area contributed by atoms with Gasteiger partial charge in [0.05, 0.1) is 16.3 Å². The Kier molecular flexibility index (Phi) is 3.80. The van der Waals surface area contributed by atoms with Crippen molar-refractivity contribution in [3.05, 3.63) is 58.6 Å². The number of hydrogen-bond donors (Lipinski definition) is 3. The van der Waals surface area contributed by atoms with Crippen molar-refractivity contribution < 1.29 is 9.72 Å². The Balaban J connectivity index is 2.13. The molecule has 0 spiro atoms. The van der Waals surface area contributed by atoms with Crippen molar-refractivity contribution in [2.24, 2.45) is 0 Å². The molecule has 2 amide bonds. The second-order valence-electron chi connectivity index (χ2n) is 3.94. The van der Waals surface area contributed by atoms with E-state index >= 15 is 0 Å². The lowest BCUT2D eigenvalue weighted by molar-refractivity contribution is -0.383. The molecule has 4 N–H and O–H groups in total. The van der Waals surface area contributed by atoms with Gasteiger partial charge < -0.3 is 16.4 Å². The van der Waals surface area contributed by atoms with Gasteiger partial charge in [0.25, 0.3) is 5.69 Å². The number of carbonyl (C=O) groups is 1. The molecule has 0 aliphatic carbocycles. The molecule has 0 aliphatic rings. The average Bonchev–Trinajstić information content (AvgIpc) is 2.41. The van der Waals surface area contributed by atoms with Gasteiger partial charge in [-0.1, -0.05) is 24.3 Å². The fourth-order valence-corrected chi connectivity index (χ4v) is 1.63. The monoisotopic (exact) mass is 272 g/mol. The van der Waals surface area contributed by atoms with Gasteiger partial charge in [0, 0.05) is 6.07 Å². The predicted octanol–water partition coefficient (Wildman–Crippen LogP) is 2.82. The third kappa shape index (κ3) is 3.02. The fourth-order valence-electron chi connectivity index (χ4n) is 1.63. The molecule has 2 aromatic rings. The fraction of sp³-hybridized carbons (Fsp3) is 0. The number of carbonyl (C=O) groups excluding carboxylic acids is 1. The molecule has 0 heterocycles. The summed E-state index contributed by atoms with van der Waals surface area (Å²) in [5, 5.41) is 15.8. The number of hydrogen-bond acceptors (Lipinski definition) is 4. The largest absolute Gasteiger partial charge is 0.397 e. The van der Waals surface area contributed by atoms with Crippen LogP contribution < -0.4 is 16.4 Å². The smallest absolute Gasteiger partial charge is 0.323 e.